The molecular formula is C33H34F4N4O5. The largest absolute Gasteiger partial charge is 0.491 e. The van der Waals surface area contributed by atoms with Crippen molar-refractivity contribution in [2.75, 3.05) is 33.9 Å². The molecule has 1 unspecified atom stereocenters. The molecule has 0 saturated heterocycles. The van der Waals surface area contributed by atoms with Gasteiger partial charge in [-0.2, -0.15) is 13.2 Å². The van der Waals surface area contributed by atoms with Crippen molar-refractivity contribution >= 4 is 17.6 Å². The van der Waals surface area contributed by atoms with E-state index in [-0.39, 0.29) is 31.1 Å². The number of aromatic nitrogens is 2. The lowest BCUT2D eigenvalue weighted by Gasteiger charge is -2.31. The highest BCUT2D eigenvalue weighted by molar-refractivity contribution is 6.00. The number of imidazole rings is 1. The van der Waals surface area contributed by atoms with Gasteiger partial charge in [-0.1, -0.05) is 12.1 Å². The van der Waals surface area contributed by atoms with Crippen LogP contribution in [-0.2, 0) is 10.9 Å². The molecule has 1 atom stereocenters. The third-order valence-corrected chi connectivity index (χ3v) is 7.57. The molecule has 0 spiro atoms. The summed E-state index contributed by atoms with van der Waals surface area (Å²) in [6.07, 6.45) is -5.20. The lowest BCUT2D eigenvalue weighted by atomic mass is 10.0. The molecule has 46 heavy (non-hydrogen) atoms. The van der Waals surface area contributed by atoms with Crippen molar-refractivity contribution in [1.82, 2.24) is 19.2 Å². The second-order valence-electron chi connectivity index (χ2n) is 12.0. The standard InChI is InChI=1S/C33H34F4N4O5/c1-19-16-20(10-13-23(19)34)29-28(38-26-8-7-9-27(44-6)41(26)29)30(42)40(15-14-39(5)31(43)46-32(2,3)4)24-18-45-25-17-21(33(35,36)37)11-12-22(24)25/h7-13,16-17,24H,14-15,18H2,1-6H3. The Bertz CT molecular complexity index is 1800. The molecule has 2 amide bonds. The average Bonchev–Trinajstić information content (AvgIpc) is 3.59. The summed E-state index contributed by atoms with van der Waals surface area (Å²) in [5.74, 6) is -0.639. The zero-order valence-electron chi connectivity index (χ0n) is 26.2. The quantitative estimate of drug-likeness (QED) is 0.204. The molecule has 1 aliphatic rings. The number of ether oxygens (including phenoxy) is 3. The summed E-state index contributed by atoms with van der Waals surface area (Å²) < 4.78 is 73.1. The fourth-order valence-electron chi connectivity index (χ4n) is 5.28. The third kappa shape index (κ3) is 6.44. The first-order chi connectivity index (χ1) is 21.6. The van der Waals surface area contributed by atoms with Crippen molar-refractivity contribution in [2.45, 2.75) is 45.5 Å². The molecular weight excluding hydrogens is 608 g/mol. The van der Waals surface area contributed by atoms with Gasteiger partial charge < -0.3 is 24.0 Å². The Morgan fingerprint density at radius 2 is 1.80 bits per heavy atom. The number of nitrogens with zero attached hydrogens (tertiary/aromatic N) is 4. The highest BCUT2D eigenvalue weighted by atomic mass is 19.4. The molecule has 2 aromatic carbocycles. The molecule has 0 aliphatic carbocycles. The fourth-order valence-corrected chi connectivity index (χ4v) is 5.28. The minimum absolute atomic E-state index is 0.00387. The summed E-state index contributed by atoms with van der Waals surface area (Å²) in [7, 11) is 2.99. The molecule has 0 fully saturated rings. The van der Waals surface area contributed by atoms with E-state index in [0.29, 0.717) is 33.9 Å². The minimum Gasteiger partial charge on any atom is -0.491 e. The van der Waals surface area contributed by atoms with Crippen molar-refractivity contribution < 1.29 is 41.4 Å². The fraction of sp³-hybridized carbons (Fsp3) is 0.364. The number of alkyl halides is 3. The molecule has 0 saturated carbocycles. The number of carbonyl (C=O) groups is 2. The molecule has 1 aliphatic heterocycles. The Morgan fingerprint density at radius 1 is 1.07 bits per heavy atom. The third-order valence-electron chi connectivity index (χ3n) is 7.57. The van der Waals surface area contributed by atoms with Crippen LogP contribution in [0.15, 0.2) is 54.6 Å². The van der Waals surface area contributed by atoms with Crippen LogP contribution in [0.2, 0.25) is 0 Å². The Labute approximate surface area is 263 Å². The Hall–Kier alpha value is -4.81. The Balaban J connectivity index is 1.62. The van der Waals surface area contributed by atoms with Crippen LogP contribution in [0.3, 0.4) is 0 Å². The van der Waals surface area contributed by atoms with Crippen LogP contribution in [0.1, 0.15) is 54.0 Å². The van der Waals surface area contributed by atoms with Crippen LogP contribution in [-0.4, -0.2) is 70.6 Å². The van der Waals surface area contributed by atoms with E-state index in [2.05, 4.69) is 4.98 Å². The monoisotopic (exact) mass is 642 g/mol. The number of benzene rings is 2. The van der Waals surface area contributed by atoms with E-state index >= 15 is 0 Å². The molecule has 5 rings (SSSR count). The molecule has 4 aromatic rings. The zero-order chi connectivity index (χ0) is 33.6. The predicted molar refractivity (Wildman–Crippen MR) is 161 cm³/mol. The first-order valence-electron chi connectivity index (χ1n) is 14.5. The normalized spacial score (nSPS) is 14.5. The lowest BCUT2D eigenvalue weighted by molar-refractivity contribution is -0.137. The summed E-state index contributed by atoms with van der Waals surface area (Å²) in [5.41, 5.74) is 0.278. The second kappa shape index (κ2) is 12.2. The smallest absolute Gasteiger partial charge is 0.416 e. The van der Waals surface area contributed by atoms with Crippen LogP contribution in [0.25, 0.3) is 16.9 Å². The maximum Gasteiger partial charge on any atom is 0.416 e. The Morgan fingerprint density at radius 3 is 2.46 bits per heavy atom. The van der Waals surface area contributed by atoms with Crippen LogP contribution >= 0.6 is 0 Å². The van der Waals surface area contributed by atoms with E-state index in [4.69, 9.17) is 14.2 Å². The number of likely N-dealkylation sites (N-methyl/N-ethyl adjacent to an activating group) is 1. The maximum absolute atomic E-state index is 14.7. The van der Waals surface area contributed by atoms with Crippen molar-refractivity contribution in [1.29, 1.82) is 0 Å². The van der Waals surface area contributed by atoms with Gasteiger partial charge in [-0.15, -0.1) is 0 Å². The maximum atomic E-state index is 14.7. The van der Waals surface area contributed by atoms with E-state index < -0.39 is 41.2 Å². The number of hydrogen-bond acceptors (Lipinski definition) is 6. The van der Waals surface area contributed by atoms with Crippen LogP contribution < -0.4 is 9.47 Å². The topological polar surface area (TPSA) is 85.6 Å². The van der Waals surface area contributed by atoms with Gasteiger partial charge >= 0.3 is 12.3 Å². The van der Waals surface area contributed by atoms with E-state index in [0.717, 1.165) is 12.1 Å². The van der Waals surface area contributed by atoms with Crippen molar-refractivity contribution in [3.05, 3.63) is 82.8 Å². The van der Waals surface area contributed by atoms with Gasteiger partial charge in [0, 0.05) is 31.3 Å². The number of aryl methyl sites for hydroxylation is 1. The number of pyridine rings is 1. The van der Waals surface area contributed by atoms with Gasteiger partial charge in [0.1, 0.15) is 29.4 Å². The van der Waals surface area contributed by atoms with Crippen LogP contribution in [0.5, 0.6) is 11.6 Å². The van der Waals surface area contributed by atoms with E-state index in [1.54, 1.807) is 56.4 Å². The molecule has 13 heteroatoms. The second-order valence-corrected chi connectivity index (χ2v) is 12.0. The molecule has 0 radical (unpaired) electrons. The molecule has 244 valence electrons. The average molecular weight is 643 g/mol. The number of rotatable bonds is 7. The summed E-state index contributed by atoms with van der Waals surface area (Å²) in [6.45, 7) is 6.64. The summed E-state index contributed by atoms with van der Waals surface area (Å²) in [5, 5.41) is 0. The van der Waals surface area contributed by atoms with Crippen molar-refractivity contribution in [3.8, 4) is 22.9 Å². The number of methoxy groups -OCH3 is 1. The van der Waals surface area contributed by atoms with Crippen LogP contribution in [0.4, 0.5) is 22.4 Å². The number of amides is 2. The summed E-state index contributed by atoms with van der Waals surface area (Å²) >= 11 is 0. The van der Waals surface area contributed by atoms with Crippen molar-refractivity contribution in [3.63, 3.8) is 0 Å². The van der Waals surface area contributed by atoms with Gasteiger partial charge in [0.2, 0.25) is 0 Å². The molecule has 3 heterocycles. The number of halogens is 4. The highest BCUT2D eigenvalue weighted by Crippen LogP contribution is 2.41. The minimum atomic E-state index is -4.58. The summed E-state index contributed by atoms with van der Waals surface area (Å²) in [4.78, 5) is 34.8. The van der Waals surface area contributed by atoms with E-state index in [1.807, 2.05) is 0 Å². The SMILES string of the molecule is COc1cccc2nc(C(=O)N(CCN(C)C(=O)OC(C)(C)C)C3COc4cc(C(F)(F)F)ccc43)c(-c3ccc(F)c(C)c3)n12. The number of carbonyl (C=O) groups excluding carboxylic acids is 2. The summed E-state index contributed by atoms with van der Waals surface area (Å²) in [6, 6.07) is 11.8. The van der Waals surface area contributed by atoms with Gasteiger partial charge in [-0.05, 0) is 75.7 Å². The van der Waals surface area contributed by atoms with Gasteiger partial charge in [0.25, 0.3) is 5.91 Å². The lowest BCUT2D eigenvalue weighted by Crippen LogP contribution is -2.43. The van der Waals surface area contributed by atoms with Gasteiger partial charge in [-0.25, -0.2) is 14.2 Å². The highest BCUT2D eigenvalue weighted by Gasteiger charge is 2.39. The molecule has 9 nitrogen and oxygen atoms in total. The predicted octanol–water partition coefficient (Wildman–Crippen LogP) is 6.92. The first kappa shape index (κ1) is 32.6. The van der Waals surface area contributed by atoms with Gasteiger partial charge in [0.05, 0.1) is 24.4 Å². The number of fused-ring (bicyclic) bond motifs is 2. The molecule has 0 N–H and O–H groups in total. The van der Waals surface area contributed by atoms with Gasteiger partial charge in [-0.3, -0.25) is 9.20 Å². The first-order valence-corrected chi connectivity index (χ1v) is 14.5. The Kier molecular flexibility index (Phi) is 8.63. The molecule has 0 bridgehead atoms. The van der Waals surface area contributed by atoms with Gasteiger partial charge in [0.15, 0.2) is 11.6 Å². The van der Waals surface area contributed by atoms with Crippen molar-refractivity contribution in [2.24, 2.45) is 0 Å². The zero-order valence-corrected chi connectivity index (χ0v) is 26.2. The van der Waals surface area contributed by atoms with Crippen LogP contribution in [0, 0.1) is 12.7 Å². The van der Waals surface area contributed by atoms with E-state index in [1.165, 1.54) is 42.2 Å². The molecule has 2 aromatic heterocycles. The van der Waals surface area contributed by atoms with E-state index in [9.17, 15) is 27.2 Å². The number of hydrogen-bond donors (Lipinski definition) is 0.